The van der Waals surface area contributed by atoms with Crippen molar-refractivity contribution in [3.8, 4) is 5.75 Å². The fraction of sp³-hybridized carbons (Fsp3) is 0.556. The van der Waals surface area contributed by atoms with Gasteiger partial charge in [0, 0.05) is 13.2 Å². The Kier molecular flexibility index (Phi) is 4.62. The first-order valence-electron chi connectivity index (χ1n) is 4.72. The maximum atomic E-state index is 11.3. The summed E-state index contributed by atoms with van der Waals surface area (Å²) in [4.78, 5) is 17.7. The number of hydrogen-bond donors (Lipinski definition) is 2. The number of nitrogens with one attached hydrogen (secondary N) is 2. The van der Waals surface area contributed by atoms with Crippen LogP contribution in [-0.2, 0) is 4.74 Å². The first-order chi connectivity index (χ1) is 7.29. The van der Waals surface area contributed by atoms with Crippen LogP contribution in [0.15, 0.2) is 11.1 Å². The van der Waals surface area contributed by atoms with Crippen molar-refractivity contribution in [2.24, 2.45) is 0 Å². The fourth-order valence-corrected chi connectivity index (χ4v) is 1.09. The lowest BCUT2D eigenvalue weighted by Crippen LogP contribution is -2.16. The second-order valence-corrected chi connectivity index (χ2v) is 2.74. The number of hydrogen-bond acceptors (Lipinski definition) is 5. The van der Waals surface area contributed by atoms with Gasteiger partial charge in [-0.1, -0.05) is 0 Å². The standard InChI is InChI=1S/C9H15N3O3/c1-3-15-5-4-10-8-7(14-2)9(13)12-6-11-8/h6H,3-5H2,1-2H3,(H2,10,11,12,13). The average Bonchev–Trinajstić information content (AvgIpc) is 2.24. The Morgan fingerprint density at radius 1 is 1.60 bits per heavy atom. The van der Waals surface area contributed by atoms with E-state index < -0.39 is 0 Å². The van der Waals surface area contributed by atoms with E-state index in [9.17, 15) is 4.79 Å². The van der Waals surface area contributed by atoms with Gasteiger partial charge < -0.3 is 19.8 Å². The van der Waals surface area contributed by atoms with Crippen molar-refractivity contribution in [2.75, 3.05) is 32.2 Å². The zero-order valence-corrected chi connectivity index (χ0v) is 8.87. The Hall–Kier alpha value is -1.56. The highest BCUT2D eigenvalue weighted by Crippen LogP contribution is 2.13. The van der Waals surface area contributed by atoms with E-state index in [1.165, 1.54) is 13.4 Å². The zero-order valence-electron chi connectivity index (χ0n) is 8.87. The molecular formula is C9H15N3O3. The summed E-state index contributed by atoms with van der Waals surface area (Å²) in [5.74, 6) is 0.620. The lowest BCUT2D eigenvalue weighted by molar-refractivity contribution is 0.158. The third-order valence-electron chi connectivity index (χ3n) is 1.76. The molecule has 84 valence electrons. The molecule has 0 aromatic carbocycles. The molecule has 15 heavy (non-hydrogen) atoms. The predicted octanol–water partition coefficient (Wildman–Crippen LogP) is 0.227. The number of nitrogens with zero attached hydrogens (tertiary/aromatic N) is 1. The molecule has 0 fully saturated rings. The van der Waals surface area contributed by atoms with Gasteiger partial charge in [-0.2, -0.15) is 0 Å². The fourth-order valence-electron chi connectivity index (χ4n) is 1.09. The van der Waals surface area contributed by atoms with E-state index in [1.807, 2.05) is 6.92 Å². The van der Waals surface area contributed by atoms with Gasteiger partial charge in [-0.3, -0.25) is 4.79 Å². The van der Waals surface area contributed by atoms with Crippen molar-refractivity contribution in [3.63, 3.8) is 0 Å². The zero-order chi connectivity index (χ0) is 11.1. The highest BCUT2D eigenvalue weighted by atomic mass is 16.5. The highest BCUT2D eigenvalue weighted by molar-refractivity contribution is 5.47. The lowest BCUT2D eigenvalue weighted by Gasteiger charge is -2.08. The van der Waals surface area contributed by atoms with Crippen LogP contribution < -0.4 is 15.6 Å². The molecule has 0 aliphatic rings. The maximum absolute atomic E-state index is 11.3. The van der Waals surface area contributed by atoms with E-state index in [0.29, 0.717) is 25.6 Å². The molecule has 0 amide bonds. The van der Waals surface area contributed by atoms with Gasteiger partial charge in [-0.05, 0) is 6.92 Å². The smallest absolute Gasteiger partial charge is 0.295 e. The van der Waals surface area contributed by atoms with Gasteiger partial charge in [0.25, 0.3) is 5.56 Å². The summed E-state index contributed by atoms with van der Waals surface area (Å²) in [6.07, 6.45) is 1.33. The third-order valence-corrected chi connectivity index (χ3v) is 1.76. The number of H-pyrrole nitrogens is 1. The summed E-state index contributed by atoms with van der Waals surface area (Å²) >= 11 is 0. The van der Waals surface area contributed by atoms with Crippen molar-refractivity contribution < 1.29 is 9.47 Å². The number of aromatic nitrogens is 2. The Balaban J connectivity index is 2.60. The minimum absolute atomic E-state index is 0.189. The van der Waals surface area contributed by atoms with E-state index in [4.69, 9.17) is 9.47 Å². The van der Waals surface area contributed by atoms with Crippen molar-refractivity contribution in [2.45, 2.75) is 6.92 Å². The minimum atomic E-state index is -0.300. The van der Waals surface area contributed by atoms with E-state index in [2.05, 4.69) is 15.3 Å². The van der Waals surface area contributed by atoms with Crippen molar-refractivity contribution in [1.29, 1.82) is 0 Å². The molecule has 0 aliphatic carbocycles. The number of ether oxygens (including phenoxy) is 2. The normalized spacial score (nSPS) is 10.0. The first-order valence-corrected chi connectivity index (χ1v) is 4.72. The Labute approximate surface area is 87.6 Å². The number of aromatic amines is 1. The van der Waals surface area contributed by atoms with Gasteiger partial charge >= 0.3 is 0 Å². The highest BCUT2D eigenvalue weighted by Gasteiger charge is 2.07. The number of methoxy groups -OCH3 is 1. The molecule has 6 nitrogen and oxygen atoms in total. The van der Waals surface area contributed by atoms with Gasteiger partial charge in [0.05, 0.1) is 20.0 Å². The predicted molar refractivity (Wildman–Crippen MR) is 56.4 cm³/mol. The van der Waals surface area contributed by atoms with Gasteiger partial charge in [-0.15, -0.1) is 0 Å². The lowest BCUT2D eigenvalue weighted by atomic mass is 10.5. The molecule has 0 saturated heterocycles. The van der Waals surface area contributed by atoms with Crippen molar-refractivity contribution in [3.05, 3.63) is 16.7 Å². The molecule has 0 spiro atoms. The van der Waals surface area contributed by atoms with E-state index >= 15 is 0 Å². The monoisotopic (exact) mass is 213 g/mol. The van der Waals surface area contributed by atoms with Crippen LogP contribution in [0.2, 0.25) is 0 Å². The molecule has 0 saturated carbocycles. The Morgan fingerprint density at radius 2 is 2.40 bits per heavy atom. The minimum Gasteiger partial charge on any atom is -0.489 e. The van der Waals surface area contributed by atoms with Crippen molar-refractivity contribution >= 4 is 5.82 Å². The van der Waals surface area contributed by atoms with Gasteiger partial charge in [0.1, 0.15) is 0 Å². The molecule has 1 rings (SSSR count). The van der Waals surface area contributed by atoms with Crippen LogP contribution in [0.4, 0.5) is 5.82 Å². The van der Waals surface area contributed by atoms with Gasteiger partial charge in [0.15, 0.2) is 5.82 Å². The second-order valence-electron chi connectivity index (χ2n) is 2.74. The molecule has 1 aromatic heterocycles. The summed E-state index contributed by atoms with van der Waals surface area (Å²) in [5.41, 5.74) is -0.300. The van der Waals surface area contributed by atoms with Crippen LogP contribution in [0.5, 0.6) is 5.75 Å². The largest absolute Gasteiger partial charge is 0.489 e. The molecule has 6 heteroatoms. The molecule has 0 bridgehead atoms. The molecule has 0 unspecified atom stereocenters. The summed E-state index contributed by atoms with van der Waals surface area (Å²) < 4.78 is 10.1. The van der Waals surface area contributed by atoms with Crippen molar-refractivity contribution in [1.82, 2.24) is 9.97 Å². The molecule has 1 aromatic rings. The molecule has 0 atom stereocenters. The third kappa shape index (κ3) is 3.25. The van der Waals surface area contributed by atoms with Crippen LogP contribution >= 0.6 is 0 Å². The van der Waals surface area contributed by atoms with Crippen LogP contribution in [0.3, 0.4) is 0 Å². The van der Waals surface area contributed by atoms with Crippen LogP contribution in [0.1, 0.15) is 6.92 Å². The number of anilines is 1. The molecule has 0 aliphatic heterocycles. The number of rotatable bonds is 6. The van der Waals surface area contributed by atoms with Crippen LogP contribution in [0.25, 0.3) is 0 Å². The summed E-state index contributed by atoms with van der Waals surface area (Å²) in [6.45, 7) is 3.74. The topological polar surface area (TPSA) is 76.2 Å². The van der Waals surface area contributed by atoms with Crippen LogP contribution in [-0.4, -0.2) is 36.8 Å². The van der Waals surface area contributed by atoms with Gasteiger partial charge in [-0.25, -0.2) is 4.98 Å². The Morgan fingerprint density at radius 3 is 3.07 bits per heavy atom. The average molecular weight is 213 g/mol. The van der Waals surface area contributed by atoms with Gasteiger partial charge in [0.2, 0.25) is 5.75 Å². The Bertz CT molecular complexity index is 351. The summed E-state index contributed by atoms with van der Waals surface area (Å²) in [7, 11) is 1.43. The van der Waals surface area contributed by atoms with Crippen LogP contribution in [0, 0.1) is 0 Å². The molecule has 0 radical (unpaired) electrons. The summed E-state index contributed by atoms with van der Waals surface area (Å²) in [6, 6.07) is 0. The molecular weight excluding hydrogens is 198 g/mol. The first kappa shape index (κ1) is 11.5. The molecule has 1 heterocycles. The quantitative estimate of drug-likeness (QED) is 0.661. The second kappa shape index (κ2) is 6.02. The van der Waals surface area contributed by atoms with E-state index in [0.717, 1.165) is 0 Å². The van der Waals surface area contributed by atoms with E-state index in [1.54, 1.807) is 0 Å². The SMILES string of the molecule is CCOCCNc1nc[nH]c(=O)c1OC. The van der Waals surface area contributed by atoms with E-state index in [-0.39, 0.29) is 11.3 Å². The maximum Gasteiger partial charge on any atom is 0.295 e. The molecule has 2 N–H and O–H groups in total. The summed E-state index contributed by atoms with van der Waals surface area (Å²) in [5, 5.41) is 2.96.